The van der Waals surface area contributed by atoms with Gasteiger partial charge in [0.05, 0.1) is 18.5 Å². The number of methoxy groups -OCH3 is 1. The van der Waals surface area contributed by atoms with Gasteiger partial charge >= 0.3 is 0 Å². The molecule has 0 aliphatic carbocycles. The van der Waals surface area contributed by atoms with Crippen molar-refractivity contribution in [1.82, 2.24) is 4.98 Å². The average Bonchev–Trinajstić information content (AvgIpc) is 2.86. The van der Waals surface area contributed by atoms with Crippen molar-refractivity contribution in [2.24, 2.45) is 0 Å². The number of nitrogen functional groups attached to an aromatic ring is 1. The Morgan fingerprint density at radius 2 is 2.33 bits per heavy atom. The Balaban J connectivity index is 1.81. The average molecular weight is 323 g/mol. The second kappa shape index (κ2) is 7.33. The number of rotatable bonds is 6. The highest BCUT2D eigenvalue weighted by Gasteiger charge is 2.07. The van der Waals surface area contributed by atoms with Gasteiger partial charge in [-0.3, -0.25) is 4.79 Å². The van der Waals surface area contributed by atoms with Gasteiger partial charge in [-0.1, -0.05) is 11.8 Å². The minimum Gasteiger partial charge on any atom is -0.497 e. The molecular weight excluding hydrogens is 306 g/mol. The van der Waals surface area contributed by atoms with Crippen molar-refractivity contribution < 1.29 is 9.53 Å². The summed E-state index contributed by atoms with van der Waals surface area (Å²) >= 11 is 3.18. The Kier molecular flexibility index (Phi) is 5.46. The number of carbonyl (C=O) groups excluding carboxylic acids is 1. The standard InChI is InChI=1S/C14H17N3O2S2/c1-9-8-21-14(16-9)20-6-5-13(18)17-12-4-3-10(19-2)7-11(12)15/h3-4,7-8H,5-6,15H2,1-2H3,(H,17,18). The highest BCUT2D eigenvalue weighted by molar-refractivity contribution is 8.01. The van der Waals surface area contributed by atoms with Gasteiger partial charge in [0.2, 0.25) is 5.91 Å². The van der Waals surface area contributed by atoms with Crippen LogP contribution in [0.4, 0.5) is 11.4 Å². The maximum absolute atomic E-state index is 11.9. The maximum Gasteiger partial charge on any atom is 0.225 e. The third kappa shape index (κ3) is 4.64. The quantitative estimate of drug-likeness (QED) is 0.631. The number of nitrogens with zero attached hydrogens (tertiary/aromatic N) is 1. The zero-order valence-corrected chi connectivity index (χ0v) is 13.5. The van der Waals surface area contributed by atoms with Crippen LogP contribution in [-0.2, 0) is 4.79 Å². The van der Waals surface area contributed by atoms with Crippen molar-refractivity contribution in [2.75, 3.05) is 23.9 Å². The third-order valence-electron chi connectivity index (χ3n) is 2.69. The molecule has 21 heavy (non-hydrogen) atoms. The number of hydrogen-bond acceptors (Lipinski definition) is 6. The van der Waals surface area contributed by atoms with Gasteiger partial charge in [-0.25, -0.2) is 4.98 Å². The first-order valence-electron chi connectivity index (χ1n) is 6.37. The van der Waals surface area contributed by atoms with Gasteiger partial charge < -0.3 is 15.8 Å². The maximum atomic E-state index is 11.9. The van der Waals surface area contributed by atoms with Gasteiger partial charge in [0.1, 0.15) is 10.1 Å². The molecule has 0 saturated heterocycles. The van der Waals surface area contributed by atoms with Crippen LogP contribution < -0.4 is 15.8 Å². The number of aromatic nitrogens is 1. The van der Waals surface area contributed by atoms with E-state index in [1.807, 2.05) is 12.3 Å². The molecule has 0 atom stereocenters. The zero-order valence-electron chi connectivity index (χ0n) is 11.9. The van der Waals surface area contributed by atoms with E-state index in [0.29, 0.717) is 29.3 Å². The number of nitrogens with two attached hydrogens (primary N) is 1. The Hall–Kier alpha value is -1.73. The first-order valence-corrected chi connectivity index (χ1v) is 8.23. The minimum absolute atomic E-state index is 0.0624. The summed E-state index contributed by atoms with van der Waals surface area (Å²) in [5, 5.41) is 4.80. The van der Waals surface area contributed by atoms with Gasteiger partial charge in [0.25, 0.3) is 0 Å². The van der Waals surface area contributed by atoms with Crippen molar-refractivity contribution in [3.8, 4) is 5.75 Å². The van der Waals surface area contributed by atoms with Crippen LogP contribution in [0.1, 0.15) is 12.1 Å². The van der Waals surface area contributed by atoms with Crippen molar-refractivity contribution in [1.29, 1.82) is 0 Å². The molecule has 0 spiro atoms. The molecule has 0 saturated carbocycles. The van der Waals surface area contributed by atoms with Gasteiger partial charge in [0, 0.05) is 29.3 Å². The molecule has 0 fully saturated rings. The molecule has 2 aromatic rings. The number of amides is 1. The van der Waals surface area contributed by atoms with Crippen LogP contribution in [-0.4, -0.2) is 23.8 Å². The number of aryl methyl sites for hydroxylation is 1. The summed E-state index contributed by atoms with van der Waals surface area (Å²) in [6, 6.07) is 5.19. The van der Waals surface area contributed by atoms with Crippen molar-refractivity contribution in [3.63, 3.8) is 0 Å². The first kappa shape index (κ1) is 15.7. The van der Waals surface area contributed by atoms with Gasteiger partial charge in [-0.15, -0.1) is 11.3 Å². The van der Waals surface area contributed by atoms with E-state index in [0.717, 1.165) is 10.0 Å². The summed E-state index contributed by atoms with van der Waals surface area (Å²) in [6.07, 6.45) is 0.411. The lowest BCUT2D eigenvalue weighted by atomic mass is 10.2. The number of nitrogens with one attached hydrogen (secondary N) is 1. The summed E-state index contributed by atoms with van der Waals surface area (Å²) in [7, 11) is 1.57. The predicted octanol–water partition coefficient (Wildman–Crippen LogP) is 3.16. The number of thiazole rings is 1. The second-order valence-electron chi connectivity index (χ2n) is 4.35. The predicted molar refractivity (Wildman–Crippen MR) is 88.2 cm³/mol. The Morgan fingerprint density at radius 1 is 1.52 bits per heavy atom. The van der Waals surface area contributed by atoms with Crippen LogP contribution in [0.5, 0.6) is 5.75 Å². The largest absolute Gasteiger partial charge is 0.497 e. The van der Waals surface area contributed by atoms with E-state index in [-0.39, 0.29) is 5.91 Å². The van der Waals surface area contributed by atoms with Crippen LogP contribution >= 0.6 is 23.1 Å². The third-order valence-corrected chi connectivity index (χ3v) is 4.83. The van der Waals surface area contributed by atoms with E-state index in [9.17, 15) is 4.79 Å². The number of ether oxygens (including phenoxy) is 1. The minimum atomic E-state index is -0.0624. The van der Waals surface area contributed by atoms with E-state index >= 15 is 0 Å². The first-order chi connectivity index (χ1) is 10.1. The Labute approximate surface area is 131 Å². The van der Waals surface area contributed by atoms with Crippen LogP contribution in [0.15, 0.2) is 27.9 Å². The fraction of sp³-hybridized carbons (Fsp3) is 0.286. The van der Waals surface area contributed by atoms with E-state index in [2.05, 4.69) is 10.3 Å². The summed E-state index contributed by atoms with van der Waals surface area (Å²) < 4.78 is 6.06. The molecule has 112 valence electrons. The number of thioether (sulfide) groups is 1. The van der Waals surface area contributed by atoms with E-state index in [1.54, 1.807) is 48.4 Å². The molecule has 0 bridgehead atoms. The summed E-state index contributed by atoms with van der Waals surface area (Å²) in [5.41, 5.74) is 7.97. The number of carbonyl (C=O) groups is 1. The molecule has 0 aliphatic heterocycles. The molecule has 1 amide bonds. The molecule has 1 heterocycles. The molecular formula is C14H17N3O2S2. The van der Waals surface area contributed by atoms with Crippen LogP contribution in [0.2, 0.25) is 0 Å². The van der Waals surface area contributed by atoms with Gasteiger partial charge in [-0.2, -0.15) is 0 Å². The summed E-state index contributed by atoms with van der Waals surface area (Å²) in [5.74, 6) is 1.29. The highest BCUT2D eigenvalue weighted by atomic mass is 32.2. The molecule has 1 aromatic heterocycles. The van der Waals surface area contributed by atoms with E-state index in [1.165, 1.54) is 0 Å². The fourth-order valence-corrected chi connectivity index (χ4v) is 3.48. The summed E-state index contributed by atoms with van der Waals surface area (Å²) in [6.45, 7) is 1.96. The Bertz CT molecular complexity index is 628. The monoisotopic (exact) mass is 323 g/mol. The normalized spacial score (nSPS) is 10.4. The van der Waals surface area contributed by atoms with Crippen LogP contribution in [0, 0.1) is 6.92 Å². The molecule has 0 radical (unpaired) electrons. The van der Waals surface area contributed by atoms with Crippen molar-refractivity contribution >= 4 is 40.4 Å². The molecule has 0 unspecified atom stereocenters. The smallest absolute Gasteiger partial charge is 0.225 e. The highest BCUT2D eigenvalue weighted by Crippen LogP contribution is 2.25. The lowest BCUT2D eigenvalue weighted by molar-refractivity contribution is -0.115. The topological polar surface area (TPSA) is 77.2 Å². The van der Waals surface area contributed by atoms with Crippen LogP contribution in [0.25, 0.3) is 0 Å². The van der Waals surface area contributed by atoms with Gasteiger partial charge in [0.15, 0.2) is 0 Å². The molecule has 5 nitrogen and oxygen atoms in total. The van der Waals surface area contributed by atoms with E-state index < -0.39 is 0 Å². The summed E-state index contributed by atoms with van der Waals surface area (Å²) in [4.78, 5) is 16.2. The second-order valence-corrected chi connectivity index (χ2v) is 6.55. The number of benzene rings is 1. The molecule has 2 rings (SSSR count). The van der Waals surface area contributed by atoms with Crippen molar-refractivity contribution in [3.05, 3.63) is 29.3 Å². The SMILES string of the molecule is COc1ccc(NC(=O)CCSc2nc(C)cs2)c(N)c1. The van der Waals surface area contributed by atoms with Crippen molar-refractivity contribution in [2.45, 2.75) is 17.7 Å². The zero-order chi connectivity index (χ0) is 15.2. The van der Waals surface area contributed by atoms with Crippen LogP contribution in [0.3, 0.4) is 0 Å². The van der Waals surface area contributed by atoms with E-state index in [4.69, 9.17) is 10.5 Å². The Morgan fingerprint density at radius 3 is 2.95 bits per heavy atom. The number of anilines is 2. The number of hydrogen-bond donors (Lipinski definition) is 2. The van der Waals surface area contributed by atoms with Gasteiger partial charge in [-0.05, 0) is 19.1 Å². The lowest BCUT2D eigenvalue weighted by Gasteiger charge is -2.09. The lowest BCUT2D eigenvalue weighted by Crippen LogP contribution is -2.13. The fourth-order valence-electron chi connectivity index (χ4n) is 1.62. The molecule has 0 aliphatic rings. The molecule has 1 aromatic carbocycles. The molecule has 3 N–H and O–H groups in total. The molecule has 7 heteroatoms.